The molecule has 2 aromatic carbocycles. The van der Waals surface area contributed by atoms with Gasteiger partial charge in [0.25, 0.3) is 5.91 Å². The molecule has 5 aromatic rings. The summed E-state index contributed by atoms with van der Waals surface area (Å²) < 4.78 is 13.1. The van der Waals surface area contributed by atoms with Crippen molar-refractivity contribution in [1.29, 1.82) is 5.26 Å². The first kappa shape index (κ1) is 24.4. The van der Waals surface area contributed by atoms with Crippen molar-refractivity contribution in [3.63, 3.8) is 0 Å². The molecule has 188 valence electrons. The van der Waals surface area contributed by atoms with Crippen molar-refractivity contribution in [3.8, 4) is 17.2 Å². The minimum atomic E-state index is -0.353. The summed E-state index contributed by atoms with van der Waals surface area (Å²) in [6.07, 6.45) is 5.24. The summed E-state index contributed by atoms with van der Waals surface area (Å²) in [5.41, 5.74) is 11.0. The average Bonchev–Trinajstić information content (AvgIpc) is 3.39. The zero-order valence-electron chi connectivity index (χ0n) is 20.2. The van der Waals surface area contributed by atoms with Crippen LogP contribution >= 0.6 is 0 Å². The molecule has 0 saturated carbocycles. The van der Waals surface area contributed by atoms with Crippen LogP contribution in [-0.2, 0) is 13.0 Å². The number of carbonyl (C=O) groups excluding carboxylic acids is 1. The molecule has 0 unspecified atom stereocenters. The molecule has 0 aliphatic carbocycles. The van der Waals surface area contributed by atoms with Crippen molar-refractivity contribution in [2.75, 3.05) is 17.6 Å². The summed E-state index contributed by atoms with van der Waals surface area (Å²) in [5, 5.41) is 16.1. The van der Waals surface area contributed by atoms with Crippen LogP contribution in [-0.4, -0.2) is 32.4 Å². The van der Waals surface area contributed by atoms with E-state index >= 15 is 0 Å². The first-order valence-corrected chi connectivity index (χ1v) is 11.9. The van der Waals surface area contributed by atoms with Crippen LogP contribution in [0.2, 0.25) is 0 Å². The number of halogens is 1. The number of fused-ring (bicyclic) bond motifs is 1. The number of benzene rings is 2. The third kappa shape index (κ3) is 5.27. The van der Waals surface area contributed by atoms with E-state index in [-0.39, 0.29) is 22.9 Å². The molecule has 0 aliphatic rings. The fourth-order valence-electron chi connectivity index (χ4n) is 4.11. The molecular formula is C28H23FN8O. The molecular weight excluding hydrogens is 483 g/mol. The summed E-state index contributed by atoms with van der Waals surface area (Å²) in [5.74, 6) is 0.120. The molecule has 0 aliphatic heterocycles. The van der Waals surface area contributed by atoms with Crippen LogP contribution in [0.3, 0.4) is 0 Å². The minimum Gasteiger partial charge on any atom is -0.383 e. The summed E-state index contributed by atoms with van der Waals surface area (Å²) in [6.45, 7) is 0.764. The molecule has 0 spiro atoms. The zero-order valence-corrected chi connectivity index (χ0v) is 20.2. The highest BCUT2D eigenvalue weighted by molar-refractivity contribution is 6.00. The minimum absolute atomic E-state index is 0.272. The number of rotatable bonds is 8. The first-order chi connectivity index (χ1) is 18.5. The normalized spacial score (nSPS) is 10.7. The molecule has 38 heavy (non-hydrogen) atoms. The molecule has 0 radical (unpaired) electrons. The van der Waals surface area contributed by atoms with E-state index in [0.717, 1.165) is 27.6 Å². The van der Waals surface area contributed by atoms with Crippen molar-refractivity contribution < 1.29 is 9.18 Å². The van der Waals surface area contributed by atoms with E-state index in [1.807, 2.05) is 36.5 Å². The molecule has 3 heterocycles. The van der Waals surface area contributed by atoms with Crippen molar-refractivity contribution >= 4 is 28.6 Å². The van der Waals surface area contributed by atoms with Crippen LogP contribution in [0.4, 0.5) is 16.0 Å². The van der Waals surface area contributed by atoms with Crippen molar-refractivity contribution in [2.45, 2.75) is 13.0 Å². The SMILES string of the molecule is N#Cc1cnc(NCc2ccc(-c3c[nH]c4ncnc(N)c34)cc2)c(C(=O)NCCc2ccc(F)cc2)c1. The van der Waals surface area contributed by atoms with Gasteiger partial charge in [-0.05, 0) is 41.3 Å². The van der Waals surface area contributed by atoms with E-state index in [4.69, 9.17) is 5.73 Å². The number of hydrogen-bond acceptors (Lipinski definition) is 7. The number of nitrogens with two attached hydrogens (primary N) is 1. The van der Waals surface area contributed by atoms with Crippen LogP contribution in [0, 0.1) is 17.1 Å². The van der Waals surface area contributed by atoms with Gasteiger partial charge in [-0.2, -0.15) is 5.26 Å². The third-order valence-electron chi connectivity index (χ3n) is 6.10. The summed E-state index contributed by atoms with van der Waals surface area (Å²) in [7, 11) is 0. The molecule has 1 amide bonds. The van der Waals surface area contributed by atoms with Crippen LogP contribution in [0.25, 0.3) is 22.2 Å². The van der Waals surface area contributed by atoms with Gasteiger partial charge >= 0.3 is 0 Å². The van der Waals surface area contributed by atoms with Gasteiger partial charge in [-0.15, -0.1) is 0 Å². The highest BCUT2D eigenvalue weighted by atomic mass is 19.1. The summed E-state index contributed by atoms with van der Waals surface area (Å²) in [6, 6.07) is 17.5. The van der Waals surface area contributed by atoms with Gasteiger partial charge in [0.15, 0.2) is 0 Å². The maximum atomic E-state index is 13.1. The van der Waals surface area contributed by atoms with E-state index in [1.54, 1.807) is 12.1 Å². The predicted molar refractivity (Wildman–Crippen MR) is 142 cm³/mol. The maximum Gasteiger partial charge on any atom is 0.255 e. The molecule has 3 aromatic heterocycles. The Bertz CT molecular complexity index is 1640. The number of amides is 1. The quantitative estimate of drug-likeness (QED) is 0.247. The molecule has 0 atom stereocenters. The number of carbonyl (C=O) groups is 1. The Morgan fingerprint density at radius 1 is 1.05 bits per heavy atom. The number of nitrogen functional groups attached to an aromatic ring is 1. The standard InChI is InChI=1S/C28H23FN8O/c29-21-7-3-17(4-8-21)9-10-32-28(38)22-11-19(12-30)14-34-26(22)33-13-18-1-5-20(6-2-18)23-15-35-27-24(23)25(31)36-16-37-27/h1-8,11,14-16H,9-10,13H2,(H,32,38)(H,33,34)(H3,31,35,36,37). The lowest BCUT2D eigenvalue weighted by Gasteiger charge is -2.12. The fourth-order valence-corrected chi connectivity index (χ4v) is 4.11. The summed E-state index contributed by atoms with van der Waals surface area (Å²) >= 11 is 0. The number of anilines is 2. The Labute approximate surface area is 217 Å². The van der Waals surface area contributed by atoms with E-state index in [1.165, 1.54) is 30.7 Å². The van der Waals surface area contributed by atoms with E-state index in [2.05, 4.69) is 30.6 Å². The second-order valence-electron chi connectivity index (χ2n) is 8.60. The van der Waals surface area contributed by atoms with Gasteiger partial charge in [0.05, 0.1) is 16.5 Å². The number of nitrogens with zero attached hydrogens (tertiary/aromatic N) is 4. The van der Waals surface area contributed by atoms with Crippen LogP contribution in [0.1, 0.15) is 27.0 Å². The van der Waals surface area contributed by atoms with Crippen LogP contribution in [0.5, 0.6) is 0 Å². The van der Waals surface area contributed by atoms with E-state index < -0.39 is 0 Å². The average molecular weight is 507 g/mol. The van der Waals surface area contributed by atoms with Crippen molar-refractivity contribution in [2.24, 2.45) is 0 Å². The van der Waals surface area contributed by atoms with Crippen molar-refractivity contribution in [3.05, 3.63) is 101 Å². The lowest BCUT2D eigenvalue weighted by atomic mass is 10.0. The van der Waals surface area contributed by atoms with Gasteiger partial charge in [-0.1, -0.05) is 36.4 Å². The number of nitrogens with one attached hydrogen (secondary N) is 3. The second kappa shape index (κ2) is 10.8. The maximum absolute atomic E-state index is 13.1. The molecule has 0 saturated heterocycles. The number of aromatic nitrogens is 4. The van der Waals surface area contributed by atoms with E-state index in [0.29, 0.717) is 36.8 Å². The number of aromatic amines is 1. The molecule has 0 bridgehead atoms. The smallest absolute Gasteiger partial charge is 0.255 e. The van der Waals surface area contributed by atoms with E-state index in [9.17, 15) is 14.4 Å². The Hall–Kier alpha value is -5.30. The molecule has 9 nitrogen and oxygen atoms in total. The lowest BCUT2D eigenvalue weighted by Crippen LogP contribution is -2.27. The number of pyridine rings is 1. The summed E-state index contributed by atoms with van der Waals surface area (Å²) in [4.78, 5) is 28.6. The van der Waals surface area contributed by atoms with Crippen LogP contribution < -0.4 is 16.4 Å². The lowest BCUT2D eigenvalue weighted by molar-refractivity contribution is 0.0954. The molecule has 0 fully saturated rings. The van der Waals surface area contributed by atoms with Gasteiger partial charge in [-0.25, -0.2) is 19.3 Å². The molecule has 10 heteroatoms. The largest absolute Gasteiger partial charge is 0.383 e. The monoisotopic (exact) mass is 506 g/mol. The predicted octanol–water partition coefficient (Wildman–Crippen LogP) is 4.20. The first-order valence-electron chi connectivity index (χ1n) is 11.9. The molecule has 5 N–H and O–H groups in total. The van der Waals surface area contributed by atoms with Crippen LogP contribution in [0.15, 0.2) is 73.3 Å². The Balaban J connectivity index is 1.27. The van der Waals surface area contributed by atoms with Gasteiger partial charge in [-0.3, -0.25) is 4.79 Å². The van der Waals surface area contributed by atoms with Gasteiger partial charge < -0.3 is 21.4 Å². The third-order valence-corrected chi connectivity index (χ3v) is 6.10. The second-order valence-corrected chi connectivity index (χ2v) is 8.60. The topological polar surface area (TPSA) is 145 Å². The van der Waals surface area contributed by atoms with Gasteiger partial charge in [0.1, 0.15) is 35.5 Å². The zero-order chi connectivity index (χ0) is 26.5. The number of nitriles is 1. The van der Waals surface area contributed by atoms with Gasteiger partial charge in [0.2, 0.25) is 0 Å². The fraction of sp³-hybridized carbons (Fsp3) is 0.107. The molecule has 5 rings (SSSR count). The van der Waals surface area contributed by atoms with Crippen molar-refractivity contribution in [1.82, 2.24) is 25.3 Å². The highest BCUT2D eigenvalue weighted by Gasteiger charge is 2.15. The number of H-pyrrole nitrogens is 1. The Kier molecular flexibility index (Phi) is 6.91. The Morgan fingerprint density at radius 3 is 2.58 bits per heavy atom. The highest BCUT2D eigenvalue weighted by Crippen LogP contribution is 2.30. The Morgan fingerprint density at radius 2 is 1.82 bits per heavy atom. The number of hydrogen-bond donors (Lipinski definition) is 4. The van der Waals surface area contributed by atoms with Gasteiger partial charge in [0, 0.05) is 31.0 Å².